The first-order valence-electron chi connectivity index (χ1n) is 8.99. The number of hydrogen-bond donors (Lipinski definition) is 2. The van der Waals surface area contributed by atoms with Gasteiger partial charge in [0.05, 0.1) is 14.2 Å². The summed E-state index contributed by atoms with van der Waals surface area (Å²) in [7, 11) is 5.06. The van der Waals surface area contributed by atoms with Gasteiger partial charge in [-0.2, -0.15) is 0 Å². The molecule has 3 aromatic rings. The van der Waals surface area contributed by atoms with E-state index in [1.807, 2.05) is 54.2 Å². The number of aromatic nitrogens is 2. The Hall–Kier alpha value is -3.00. The van der Waals surface area contributed by atoms with Crippen LogP contribution in [0.4, 0.5) is 4.79 Å². The smallest absolute Gasteiger partial charge is 0.315 e. The van der Waals surface area contributed by atoms with Crippen LogP contribution in [0.3, 0.4) is 0 Å². The van der Waals surface area contributed by atoms with E-state index in [0.717, 1.165) is 15.6 Å². The Bertz CT molecular complexity index is 967. The zero-order valence-corrected chi connectivity index (χ0v) is 18.1. The van der Waals surface area contributed by atoms with Crippen molar-refractivity contribution in [1.82, 2.24) is 20.2 Å². The highest BCUT2D eigenvalue weighted by Crippen LogP contribution is 2.29. The number of imidazole rings is 1. The number of nitrogens with one attached hydrogen (secondary N) is 2. The average molecular weight is 459 g/mol. The monoisotopic (exact) mass is 458 g/mol. The van der Waals surface area contributed by atoms with Gasteiger partial charge in [0.25, 0.3) is 0 Å². The van der Waals surface area contributed by atoms with Gasteiger partial charge in [-0.15, -0.1) is 0 Å². The van der Waals surface area contributed by atoms with Gasteiger partial charge in [0, 0.05) is 36.5 Å². The molecule has 0 fully saturated rings. The van der Waals surface area contributed by atoms with Crippen LogP contribution in [0.1, 0.15) is 23.0 Å². The van der Waals surface area contributed by atoms with E-state index in [4.69, 9.17) is 9.47 Å². The predicted octanol–water partition coefficient (Wildman–Crippen LogP) is 3.79. The summed E-state index contributed by atoms with van der Waals surface area (Å²) in [6.45, 7) is 0.403. The number of rotatable bonds is 7. The number of ether oxygens (including phenoxy) is 2. The molecule has 8 heteroatoms. The van der Waals surface area contributed by atoms with Gasteiger partial charge in [0.15, 0.2) is 0 Å². The van der Waals surface area contributed by atoms with Crippen molar-refractivity contribution >= 4 is 22.0 Å². The zero-order chi connectivity index (χ0) is 20.8. The molecule has 0 aliphatic rings. The van der Waals surface area contributed by atoms with Crippen LogP contribution in [0.15, 0.2) is 59.3 Å². The van der Waals surface area contributed by atoms with Crippen molar-refractivity contribution in [3.05, 3.63) is 76.3 Å². The second kappa shape index (κ2) is 9.47. The van der Waals surface area contributed by atoms with Crippen LogP contribution in [0.25, 0.3) is 0 Å². The second-order valence-electron chi connectivity index (χ2n) is 6.43. The number of urea groups is 1. The number of methoxy groups -OCH3 is 2. The number of nitrogens with zero attached hydrogens (tertiary/aromatic N) is 2. The third-order valence-corrected chi connectivity index (χ3v) is 4.93. The number of amides is 2. The maximum absolute atomic E-state index is 12.7. The molecule has 0 bridgehead atoms. The second-order valence-corrected chi connectivity index (χ2v) is 7.35. The van der Waals surface area contributed by atoms with Crippen molar-refractivity contribution in [2.45, 2.75) is 12.6 Å². The molecule has 1 unspecified atom stereocenters. The normalized spacial score (nSPS) is 11.6. The Labute approximate surface area is 178 Å². The molecular formula is C21H23BrN4O3. The topological polar surface area (TPSA) is 77.4 Å². The number of benzene rings is 2. The quantitative estimate of drug-likeness (QED) is 0.564. The van der Waals surface area contributed by atoms with Crippen molar-refractivity contribution in [3.63, 3.8) is 0 Å². The van der Waals surface area contributed by atoms with Gasteiger partial charge >= 0.3 is 6.03 Å². The lowest BCUT2D eigenvalue weighted by atomic mass is 10.1. The maximum Gasteiger partial charge on any atom is 0.315 e. The van der Waals surface area contributed by atoms with Crippen LogP contribution in [-0.4, -0.2) is 29.8 Å². The summed E-state index contributed by atoms with van der Waals surface area (Å²) in [5, 5.41) is 5.90. The molecule has 1 aromatic heterocycles. The Morgan fingerprint density at radius 1 is 1.17 bits per heavy atom. The van der Waals surface area contributed by atoms with E-state index >= 15 is 0 Å². The van der Waals surface area contributed by atoms with Gasteiger partial charge in [-0.3, -0.25) is 0 Å². The lowest BCUT2D eigenvalue weighted by Gasteiger charge is -2.21. The third-order valence-electron chi connectivity index (χ3n) is 4.44. The Morgan fingerprint density at radius 2 is 1.90 bits per heavy atom. The number of carbonyl (C=O) groups excluding carboxylic acids is 1. The van der Waals surface area contributed by atoms with Gasteiger partial charge in [-0.25, -0.2) is 9.78 Å². The molecule has 0 radical (unpaired) electrons. The summed E-state index contributed by atoms with van der Waals surface area (Å²) in [6.07, 6.45) is 3.53. The first-order chi connectivity index (χ1) is 14.0. The molecule has 0 spiro atoms. The van der Waals surface area contributed by atoms with E-state index in [-0.39, 0.29) is 6.03 Å². The summed E-state index contributed by atoms with van der Waals surface area (Å²) in [4.78, 5) is 17.1. The molecule has 0 saturated carbocycles. The fraction of sp³-hybridized carbons (Fsp3) is 0.238. The standard InChI is InChI=1S/C21H23BrN4O3/c1-26-8-7-23-20(26)19(15-10-17(28-2)12-18(11-15)29-3)25-21(27)24-13-14-5-4-6-16(22)9-14/h4-12,19H,13H2,1-3H3,(H2,24,25,27). The van der Waals surface area contributed by atoms with E-state index in [0.29, 0.717) is 23.9 Å². The molecule has 0 aliphatic heterocycles. The molecule has 1 atom stereocenters. The fourth-order valence-corrected chi connectivity index (χ4v) is 3.41. The highest BCUT2D eigenvalue weighted by molar-refractivity contribution is 9.10. The van der Waals surface area contributed by atoms with Gasteiger partial charge in [-0.05, 0) is 35.4 Å². The fourth-order valence-electron chi connectivity index (χ4n) is 2.96. The van der Waals surface area contributed by atoms with E-state index in [2.05, 4.69) is 31.5 Å². The van der Waals surface area contributed by atoms with Crippen LogP contribution < -0.4 is 20.1 Å². The van der Waals surface area contributed by atoms with Gasteiger partial charge in [-0.1, -0.05) is 28.1 Å². The first kappa shape index (κ1) is 20.7. The molecule has 2 N–H and O–H groups in total. The molecule has 2 amide bonds. The number of aryl methyl sites for hydroxylation is 1. The van der Waals surface area contributed by atoms with Crippen LogP contribution in [0.2, 0.25) is 0 Å². The van der Waals surface area contributed by atoms with E-state index in [9.17, 15) is 4.79 Å². The van der Waals surface area contributed by atoms with Crippen LogP contribution in [-0.2, 0) is 13.6 Å². The minimum atomic E-state index is -0.485. The molecule has 3 rings (SSSR count). The highest BCUT2D eigenvalue weighted by atomic mass is 79.9. The number of halogens is 1. The first-order valence-corrected chi connectivity index (χ1v) is 9.78. The molecule has 0 saturated heterocycles. The van der Waals surface area contributed by atoms with Crippen LogP contribution in [0.5, 0.6) is 11.5 Å². The SMILES string of the molecule is COc1cc(OC)cc(C(NC(=O)NCc2cccc(Br)c2)c2nccn2C)c1. The van der Waals surface area contributed by atoms with Gasteiger partial charge in [0.2, 0.25) is 0 Å². The molecule has 152 valence electrons. The maximum atomic E-state index is 12.7. The molecular weight excluding hydrogens is 436 g/mol. The van der Waals surface area contributed by atoms with Crippen molar-refractivity contribution in [3.8, 4) is 11.5 Å². The predicted molar refractivity (Wildman–Crippen MR) is 114 cm³/mol. The molecule has 0 aliphatic carbocycles. The zero-order valence-electron chi connectivity index (χ0n) is 16.5. The highest BCUT2D eigenvalue weighted by Gasteiger charge is 2.22. The summed E-state index contributed by atoms with van der Waals surface area (Å²) < 4.78 is 13.6. The molecule has 7 nitrogen and oxygen atoms in total. The average Bonchev–Trinajstić information content (AvgIpc) is 3.15. The lowest BCUT2D eigenvalue weighted by Crippen LogP contribution is -2.39. The summed E-state index contributed by atoms with van der Waals surface area (Å²) >= 11 is 3.44. The van der Waals surface area contributed by atoms with Crippen molar-refractivity contribution < 1.29 is 14.3 Å². The van der Waals surface area contributed by atoms with Crippen LogP contribution in [0, 0.1) is 0 Å². The molecule has 1 heterocycles. The molecule has 29 heavy (non-hydrogen) atoms. The Kier molecular flexibility index (Phi) is 6.77. The van der Waals surface area contributed by atoms with Crippen molar-refractivity contribution in [1.29, 1.82) is 0 Å². The van der Waals surface area contributed by atoms with Crippen molar-refractivity contribution in [2.24, 2.45) is 7.05 Å². The summed E-state index contributed by atoms with van der Waals surface area (Å²) in [6, 6.07) is 12.5. The van der Waals surface area contributed by atoms with E-state index < -0.39 is 6.04 Å². The Balaban J connectivity index is 1.83. The Morgan fingerprint density at radius 3 is 2.48 bits per heavy atom. The third kappa shape index (κ3) is 5.29. The minimum Gasteiger partial charge on any atom is -0.497 e. The summed E-state index contributed by atoms with van der Waals surface area (Å²) in [5.74, 6) is 1.96. The summed E-state index contributed by atoms with van der Waals surface area (Å²) in [5.41, 5.74) is 1.79. The number of carbonyl (C=O) groups is 1. The molecule has 2 aromatic carbocycles. The minimum absolute atomic E-state index is 0.306. The van der Waals surface area contributed by atoms with Crippen molar-refractivity contribution in [2.75, 3.05) is 14.2 Å². The largest absolute Gasteiger partial charge is 0.497 e. The van der Waals surface area contributed by atoms with E-state index in [1.54, 1.807) is 26.5 Å². The van der Waals surface area contributed by atoms with Gasteiger partial charge < -0.3 is 24.7 Å². The van der Waals surface area contributed by atoms with Gasteiger partial charge in [0.1, 0.15) is 23.4 Å². The number of hydrogen-bond acceptors (Lipinski definition) is 4. The van der Waals surface area contributed by atoms with Crippen LogP contribution >= 0.6 is 15.9 Å². The lowest BCUT2D eigenvalue weighted by molar-refractivity contribution is 0.237. The van der Waals surface area contributed by atoms with E-state index in [1.165, 1.54) is 0 Å².